The fourth-order valence-corrected chi connectivity index (χ4v) is 5.08. The molecule has 0 radical (unpaired) electrons. The van der Waals surface area contributed by atoms with Gasteiger partial charge in [-0.25, -0.2) is 0 Å². The van der Waals surface area contributed by atoms with Crippen molar-refractivity contribution in [3.05, 3.63) is 77.9 Å². The predicted molar refractivity (Wildman–Crippen MR) is 112 cm³/mol. The van der Waals surface area contributed by atoms with Crippen molar-refractivity contribution in [3.8, 4) is 0 Å². The highest BCUT2D eigenvalue weighted by Crippen LogP contribution is 2.38. The van der Waals surface area contributed by atoms with Gasteiger partial charge in [0.05, 0.1) is 4.83 Å². The lowest BCUT2D eigenvalue weighted by atomic mass is 10.1. The van der Waals surface area contributed by atoms with Crippen LogP contribution in [0, 0.1) is 0 Å². The number of hydrogen-bond acceptors (Lipinski definition) is 0. The van der Waals surface area contributed by atoms with Crippen LogP contribution in [0.5, 0.6) is 0 Å². The zero-order valence-corrected chi connectivity index (χ0v) is 18.1. The first-order valence-electron chi connectivity index (χ1n) is 6.94. The molecule has 0 spiro atoms. The summed E-state index contributed by atoms with van der Waals surface area (Å²) in [5, 5.41) is 0. The van der Waals surface area contributed by atoms with Gasteiger partial charge in [0.15, 0.2) is 0 Å². The molecule has 0 N–H and O–H groups in total. The fourth-order valence-electron chi connectivity index (χ4n) is 2.03. The summed E-state index contributed by atoms with van der Waals surface area (Å²) >= 11 is 15.2. The summed E-state index contributed by atoms with van der Waals surface area (Å²) in [6.07, 6.45) is 4.31. The predicted octanol–water partition coefficient (Wildman–Crippen LogP) is 7.13. The molecule has 116 valence electrons. The summed E-state index contributed by atoms with van der Waals surface area (Å²) in [6.45, 7) is 0. The van der Waals surface area contributed by atoms with Crippen LogP contribution in [0.15, 0.2) is 66.7 Å². The zero-order chi connectivity index (χ0) is 15.9. The highest BCUT2D eigenvalue weighted by Gasteiger charge is 2.28. The Bertz CT molecular complexity index is 583. The molecule has 0 saturated carbocycles. The van der Waals surface area contributed by atoms with E-state index in [1.165, 1.54) is 11.1 Å². The molecule has 2 aromatic carbocycles. The van der Waals surface area contributed by atoms with Crippen molar-refractivity contribution < 1.29 is 0 Å². The molecule has 4 atom stereocenters. The minimum atomic E-state index is 0.223. The van der Waals surface area contributed by atoms with E-state index in [1.807, 2.05) is 24.3 Å². The molecule has 4 heteroatoms. The van der Waals surface area contributed by atoms with Crippen molar-refractivity contribution in [2.45, 2.75) is 19.3 Å². The van der Waals surface area contributed by atoms with Crippen LogP contribution in [-0.4, -0.2) is 14.5 Å². The smallest absolute Gasteiger partial charge is 0.0531 e. The van der Waals surface area contributed by atoms with E-state index in [9.17, 15) is 0 Å². The third kappa shape index (κ3) is 5.33. The molecule has 0 heterocycles. The van der Waals surface area contributed by atoms with Crippen LogP contribution in [0.1, 0.15) is 16.0 Å². The van der Waals surface area contributed by atoms with E-state index in [4.69, 9.17) is 0 Å². The van der Waals surface area contributed by atoms with Gasteiger partial charge in [0.25, 0.3) is 0 Å². The lowest BCUT2D eigenvalue weighted by Gasteiger charge is -2.24. The van der Waals surface area contributed by atoms with Crippen LogP contribution in [-0.2, 0) is 0 Å². The maximum absolute atomic E-state index is 3.81. The van der Waals surface area contributed by atoms with Crippen molar-refractivity contribution in [2.75, 3.05) is 0 Å². The Labute approximate surface area is 165 Å². The van der Waals surface area contributed by atoms with Crippen LogP contribution < -0.4 is 0 Å². The van der Waals surface area contributed by atoms with Gasteiger partial charge in [-0.3, -0.25) is 0 Å². The quantitative estimate of drug-likeness (QED) is 0.335. The summed E-state index contributed by atoms with van der Waals surface area (Å²) in [5.74, 6) is 0. The molecule has 0 aliphatic carbocycles. The van der Waals surface area contributed by atoms with E-state index in [0.717, 1.165) is 0 Å². The zero-order valence-electron chi connectivity index (χ0n) is 11.7. The first-order valence-corrected chi connectivity index (χ1v) is 10.6. The second kappa shape index (κ2) is 9.41. The second-order valence-electron chi connectivity index (χ2n) is 4.92. The Hall–Kier alpha value is 0.1000. The van der Waals surface area contributed by atoms with Gasteiger partial charge in [0.2, 0.25) is 0 Å². The van der Waals surface area contributed by atoms with Crippen molar-refractivity contribution in [3.63, 3.8) is 0 Å². The van der Waals surface area contributed by atoms with Crippen molar-refractivity contribution in [1.29, 1.82) is 0 Å². The molecule has 22 heavy (non-hydrogen) atoms. The van der Waals surface area contributed by atoms with Crippen LogP contribution in [0.4, 0.5) is 0 Å². The molecule has 2 rings (SSSR count). The highest BCUT2D eigenvalue weighted by molar-refractivity contribution is 9.14. The highest BCUT2D eigenvalue weighted by atomic mass is 79.9. The van der Waals surface area contributed by atoms with Gasteiger partial charge in [-0.1, -0.05) is 137 Å². The standard InChI is InChI=1S/C18H16Br4/c19-15(12-11-13-7-3-1-4-8-13)17(21)18(22)16(20)14-9-5-2-6-10-14/h1-12,15-18H/b12-11+. The Morgan fingerprint density at radius 1 is 0.682 bits per heavy atom. The average Bonchev–Trinajstić information content (AvgIpc) is 2.59. The minimum absolute atomic E-state index is 0.223. The summed E-state index contributed by atoms with van der Waals surface area (Å²) < 4.78 is 0. The van der Waals surface area contributed by atoms with Crippen molar-refractivity contribution >= 4 is 69.8 Å². The molecule has 0 aliphatic rings. The molecule has 2 aromatic rings. The monoisotopic (exact) mass is 548 g/mol. The van der Waals surface area contributed by atoms with Gasteiger partial charge in [0, 0.05) is 14.5 Å². The van der Waals surface area contributed by atoms with E-state index >= 15 is 0 Å². The summed E-state index contributed by atoms with van der Waals surface area (Å²) in [6, 6.07) is 20.8. The van der Waals surface area contributed by atoms with Crippen molar-refractivity contribution in [2.24, 2.45) is 0 Å². The summed E-state index contributed by atoms with van der Waals surface area (Å²) in [7, 11) is 0. The molecule has 4 unspecified atom stereocenters. The third-order valence-electron chi connectivity index (χ3n) is 3.28. The number of alkyl halides is 4. The Balaban J connectivity index is 2.00. The van der Waals surface area contributed by atoms with E-state index in [2.05, 4.69) is 112 Å². The van der Waals surface area contributed by atoms with Gasteiger partial charge in [-0.15, -0.1) is 0 Å². The van der Waals surface area contributed by atoms with Gasteiger partial charge in [-0.05, 0) is 11.1 Å². The lowest BCUT2D eigenvalue weighted by Crippen LogP contribution is -2.26. The van der Waals surface area contributed by atoms with Crippen LogP contribution in [0.2, 0.25) is 0 Å². The number of halogens is 4. The maximum Gasteiger partial charge on any atom is 0.0531 e. The van der Waals surface area contributed by atoms with Crippen LogP contribution >= 0.6 is 63.7 Å². The maximum atomic E-state index is 3.81. The number of benzene rings is 2. The number of hydrogen-bond donors (Lipinski definition) is 0. The second-order valence-corrected chi connectivity index (χ2v) is 9.07. The molecular weight excluding hydrogens is 536 g/mol. The lowest BCUT2D eigenvalue weighted by molar-refractivity contribution is 0.818. The van der Waals surface area contributed by atoms with Crippen molar-refractivity contribution in [1.82, 2.24) is 0 Å². The van der Waals surface area contributed by atoms with Gasteiger partial charge >= 0.3 is 0 Å². The molecule has 0 saturated heterocycles. The number of rotatable bonds is 6. The summed E-state index contributed by atoms with van der Waals surface area (Å²) in [5.41, 5.74) is 2.47. The molecule has 0 fully saturated rings. The molecule has 0 nitrogen and oxygen atoms in total. The van der Waals surface area contributed by atoms with Crippen LogP contribution in [0.25, 0.3) is 6.08 Å². The van der Waals surface area contributed by atoms with Crippen LogP contribution in [0.3, 0.4) is 0 Å². The number of allylic oxidation sites excluding steroid dienone is 1. The normalized spacial score (nSPS) is 17.1. The molecule has 0 bridgehead atoms. The molecule has 0 aliphatic heterocycles. The third-order valence-corrected chi connectivity index (χ3v) is 9.62. The van der Waals surface area contributed by atoms with E-state index in [1.54, 1.807) is 0 Å². The van der Waals surface area contributed by atoms with Gasteiger partial charge in [0.1, 0.15) is 0 Å². The first-order chi connectivity index (χ1) is 10.6. The Kier molecular flexibility index (Phi) is 7.89. The van der Waals surface area contributed by atoms with Gasteiger partial charge < -0.3 is 0 Å². The largest absolute Gasteiger partial charge is 0.0862 e. The van der Waals surface area contributed by atoms with E-state index < -0.39 is 0 Å². The topological polar surface area (TPSA) is 0 Å². The molecule has 0 aromatic heterocycles. The van der Waals surface area contributed by atoms with E-state index in [0.29, 0.717) is 0 Å². The summed E-state index contributed by atoms with van der Waals surface area (Å²) in [4.78, 5) is 0.959. The molecule has 0 amide bonds. The van der Waals surface area contributed by atoms with E-state index in [-0.39, 0.29) is 19.3 Å². The Morgan fingerprint density at radius 3 is 1.82 bits per heavy atom. The molecular formula is C18H16Br4. The fraction of sp³-hybridized carbons (Fsp3) is 0.222. The SMILES string of the molecule is BrC(/C=C/c1ccccc1)C(Br)C(Br)C(Br)c1ccccc1. The first kappa shape index (κ1) is 18.4. The minimum Gasteiger partial charge on any atom is -0.0862 e. The average molecular weight is 552 g/mol. The van der Waals surface area contributed by atoms with Gasteiger partial charge in [-0.2, -0.15) is 0 Å². The Morgan fingerprint density at radius 2 is 1.23 bits per heavy atom.